The van der Waals surface area contributed by atoms with E-state index in [0.29, 0.717) is 6.07 Å². The van der Waals surface area contributed by atoms with Crippen LogP contribution in [0.2, 0.25) is 0 Å². The molecule has 0 aromatic carbocycles. The fourth-order valence-corrected chi connectivity index (χ4v) is 2.67. The third-order valence-corrected chi connectivity index (χ3v) is 3.70. The van der Waals surface area contributed by atoms with Gasteiger partial charge in [-0.2, -0.15) is 13.2 Å². The normalized spacial score (nSPS) is 18.7. The van der Waals surface area contributed by atoms with Crippen LogP contribution in [0.5, 0.6) is 0 Å². The van der Waals surface area contributed by atoms with Crippen molar-refractivity contribution in [3.8, 4) is 0 Å². The summed E-state index contributed by atoms with van der Waals surface area (Å²) in [6.07, 6.45) is -4.51. The van der Waals surface area contributed by atoms with Gasteiger partial charge in [-0.25, -0.2) is 14.8 Å². The number of carbonyl (C=O) groups is 2. The van der Waals surface area contributed by atoms with Crippen molar-refractivity contribution in [3.05, 3.63) is 18.0 Å². The zero-order valence-corrected chi connectivity index (χ0v) is 13.9. The zero-order chi connectivity index (χ0) is 18.1. The van der Waals surface area contributed by atoms with Crippen molar-refractivity contribution in [3.63, 3.8) is 0 Å². The molecule has 7 nitrogen and oxygen atoms in total. The Balaban J connectivity index is 2.08. The van der Waals surface area contributed by atoms with Crippen molar-refractivity contribution >= 4 is 29.7 Å². The van der Waals surface area contributed by atoms with Crippen molar-refractivity contribution < 1.29 is 27.5 Å². The van der Waals surface area contributed by atoms with E-state index in [0.717, 1.165) is 22.9 Å². The van der Waals surface area contributed by atoms with E-state index in [9.17, 15) is 22.8 Å². The van der Waals surface area contributed by atoms with E-state index in [-0.39, 0.29) is 11.8 Å². The summed E-state index contributed by atoms with van der Waals surface area (Å²) in [4.78, 5) is 31.9. The van der Waals surface area contributed by atoms with E-state index in [2.05, 4.69) is 15.3 Å². The van der Waals surface area contributed by atoms with E-state index in [1.54, 1.807) is 20.8 Å². The number of anilines is 1. The lowest BCUT2D eigenvalue weighted by Gasteiger charge is -2.21. The van der Waals surface area contributed by atoms with Gasteiger partial charge < -0.3 is 10.1 Å². The van der Waals surface area contributed by atoms with Crippen LogP contribution in [0.1, 0.15) is 26.5 Å². The molecule has 1 saturated heterocycles. The average Bonchev–Trinajstić information content (AvgIpc) is 2.77. The number of alkyl halides is 3. The molecule has 2 amide bonds. The highest BCUT2D eigenvalue weighted by molar-refractivity contribution is 8.01. The summed E-state index contributed by atoms with van der Waals surface area (Å²) in [6.45, 7) is 5.21. The Kier molecular flexibility index (Phi) is 4.92. The number of halogens is 3. The molecule has 0 bridgehead atoms. The molecule has 1 atom stereocenters. The number of alkyl carbamates (subject to hydrolysis) is 1. The topological polar surface area (TPSA) is 84.4 Å². The first-order chi connectivity index (χ1) is 11.0. The summed E-state index contributed by atoms with van der Waals surface area (Å²) in [7, 11) is 0. The number of nitrogens with zero attached hydrogens (tertiary/aromatic N) is 3. The number of rotatable bonds is 2. The molecule has 2 heterocycles. The highest BCUT2D eigenvalue weighted by Crippen LogP contribution is 2.31. The van der Waals surface area contributed by atoms with Gasteiger partial charge in [0.05, 0.1) is 5.88 Å². The molecule has 1 aromatic rings. The van der Waals surface area contributed by atoms with Crippen LogP contribution < -0.4 is 10.2 Å². The van der Waals surface area contributed by atoms with Crippen LogP contribution in [0.3, 0.4) is 0 Å². The van der Waals surface area contributed by atoms with Gasteiger partial charge in [0.1, 0.15) is 5.69 Å². The third kappa shape index (κ3) is 4.49. The molecule has 1 aliphatic rings. The molecule has 0 saturated carbocycles. The Bertz CT molecular complexity index is 648. The quantitative estimate of drug-likeness (QED) is 0.867. The van der Waals surface area contributed by atoms with Crippen LogP contribution in [0, 0.1) is 0 Å². The molecule has 0 spiro atoms. The minimum absolute atomic E-state index is 0.0202. The van der Waals surface area contributed by atoms with Crippen LogP contribution in [-0.2, 0) is 15.7 Å². The van der Waals surface area contributed by atoms with E-state index in [1.807, 2.05) is 0 Å². The van der Waals surface area contributed by atoms with Crippen LogP contribution in [0.25, 0.3) is 0 Å². The first-order valence-corrected chi connectivity index (χ1v) is 7.84. The molecule has 11 heteroatoms. The lowest BCUT2D eigenvalue weighted by atomic mass is 10.1. The molecule has 1 fully saturated rings. The summed E-state index contributed by atoms with van der Waals surface area (Å²) in [5.41, 5.74) is -2.86. The largest absolute Gasteiger partial charge is 0.433 e. The Hall–Kier alpha value is -2.04. The first kappa shape index (κ1) is 18.3. The van der Waals surface area contributed by atoms with Gasteiger partial charge in [-0.1, -0.05) is 11.8 Å². The van der Waals surface area contributed by atoms with Gasteiger partial charge in [-0.05, 0) is 26.8 Å². The van der Waals surface area contributed by atoms with E-state index in [4.69, 9.17) is 4.74 Å². The summed E-state index contributed by atoms with van der Waals surface area (Å²) in [5.74, 6) is -1.10. The predicted molar refractivity (Wildman–Crippen MR) is 80.1 cm³/mol. The molecule has 1 N–H and O–H groups in total. The number of hydrogen-bond acceptors (Lipinski definition) is 6. The summed E-state index contributed by atoms with van der Waals surface area (Å²) >= 11 is 0.953. The molecule has 0 radical (unpaired) electrons. The average molecular weight is 364 g/mol. The van der Waals surface area contributed by atoms with Gasteiger partial charge in [0.25, 0.3) is 5.91 Å². The van der Waals surface area contributed by atoms with Crippen LogP contribution in [0.15, 0.2) is 12.3 Å². The van der Waals surface area contributed by atoms with Crippen molar-refractivity contribution in [2.75, 3.05) is 10.8 Å². The molecule has 2 rings (SSSR count). The summed E-state index contributed by atoms with van der Waals surface area (Å²) in [6, 6.07) is 0.710. The third-order valence-electron chi connectivity index (χ3n) is 2.69. The maximum absolute atomic E-state index is 12.7. The highest BCUT2D eigenvalue weighted by atomic mass is 32.2. The lowest BCUT2D eigenvalue weighted by Crippen LogP contribution is -2.43. The van der Waals surface area contributed by atoms with Gasteiger partial charge in [-0.3, -0.25) is 9.69 Å². The number of amides is 2. The smallest absolute Gasteiger partial charge is 0.425 e. The summed E-state index contributed by atoms with van der Waals surface area (Å²) < 4.78 is 43.0. The number of thioether (sulfide) groups is 1. The fraction of sp³-hybridized carbons (Fsp3) is 0.538. The minimum Gasteiger partial charge on any atom is -0.425 e. The predicted octanol–water partition coefficient (Wildman–Crippen LogP) is 2.38. The number of carbonyl (C=O) groups excluding carboxylic acids is 2. The second kappa shape index (κ2) is 6.46. The second-order valence-electron chi connectivity index (χ2n) is 5.91. The fourth-order valence-electron chi connectivity index (χ4n) is 1.71. The lowest BCUT2D eigenvalue weighted by molar-refractivity contribution is -0.141. The summed E-state index contributed by atoms with van der Waals surface area (Å²) in [5, 5.41) is 2.52. The van der Waals surface area contributed by atoms with Gasteiger partial charge in [0, 0.05) is 11.7 Å². The Morgan fingerprint density at radius 1 is 1.42 bits per heavy atom. The minimum atomic E-state index is -4.64. The molecule has 1 aliphatic heterocycles. The number of hydrogen-bond donors (Lipinski definition) is 1. The van der Waals surface area contributed by atoms with Gasteiger partial charge in [0.2, 0.25) is 11.4 Å². The van der Waals surface area contributed by atoms with Crippen molar-refractivity contribution in [2.45, 2.75) is 37.9 Å². The Morgan fingerprint density at radius 2 is 2.08 bits per heavy atom. The van der Waals surface area contributed by atoms with E-state index < -0.39 is 34.8 Å². The first-order valence-electron chi connectivity index (χ1n) is 6.79. The van der Waals surface area contributed by atoms with Gasteiger partial charge >= 0.3 is 12.3 Å². The zero-order valence-electron chi connectivity index (χ0n) is 13.0. The molecular weight excluding hydrogens is 349 g/mol. The highest BCUT2D eigenvalue weighted by Gasteiger charge is 2.39. The molecular formula is C13H15F3N4O3S. The Morgan fingerprint density at radius 3 is 2.67 bits per heavy atom. The molecule has 0 aliphatic carbocycles. The van der Waals surface area contributed by atoms with Crippen LogP contribution in [-0.4, -0.2) is 38.8 Å². The van der Waals surface area contributed by atoms with Crippen molar-refractivity contribution in [2.24, 2.45) is 0 Å². The van der Waals surface area contributed by atoms with Crippen molar-refractivity contribution in [1.82, 2.24) is 15.3 Å². The standard InChI is InChI=1S/C13H15F3N4O3S/c1-12(2,3)19-11(22)23-9-8(21)20(6-24-9)10-17-5-4-7(18-10)13(14,15)16/h4-5,9H,6H2,1-3H3,(H,19,22). The molecule has 1 unspecified atom stereocenters. The van der Waals surface area contributed by atoms with Crippen LogP contribution in [0.4, 0.5) is 23.9 Å². The van der Waals surface area contributed by atoms with E-state index in [1.165, 1.54) is 0 Å². The van der Waals surface area contributed by atoms with Gasteiger partial charge in [-0.15, -0.1) is 0 Å². The SMILES string of the molecule is CC(C)(C)NC(=O)OC1SCN(c2nccc(C(F)(F)F)n2)C1=O. The monoisotopic (exact) mass is 364 g/mol. The molecule has 132 valence electrons. The second-order valence-corrected chi connectivity index (χ2v) is 6.93. The maximum atomic E-state index is 12.7. The van der Waals surface area contributed by atoms with Crippen molar-refractivity contribution in [1.29, 1.82) is 0 Å². The van der Waals surface area contributed by atoms with Crippen LogP contribution >= 0.6 is 11.8 Å². The number of nitrogens with one attached hydrogen (secondary N) is 1. The molecule has 24 heavy (non-hydrogen) atoms. The molecule has 1 aromatic heterocycles. The van der Waals surface area contributed by atoms with Gasteiger partial charge in [0.15, 0.2) is 0 Å². The van der Waals surface area contributed by atoms with E-state index >= 15 is 0 Å². The number of ether oxygens (including phenoxy) is 1. The number of aromatic nitrogens is 2. The Labute approximate surface area is 140 Å². The maximum Gasteiger partial charge on any atom is 0.433 e.